The van der Waals surface area contributed by atoms with E-state index in [1.807, 2.05) is 0 Å². The first kappa shape index (κ1) is 29.8. The summed E-state index contributed by atoms with van der Waals surface area (Å²) in [5.74, 6) is -3.72. The molecule has 4 aromatic rings. The van der Waals surface area contributed by atoms with E-state index in [1.54, 1.807) is 6.07 Å². The number of alkyl halides is 6. The van der Waals surface area contributed by atoms with Crippen molar-refractivity contribution >= 4 is 29.0 Å². The molecule has 0 saturated heterocycles. The van der Waals surface area contributed by atoms with Gasteiger partial charge in [-0.05, 0) is 53.6 Å². The molecular formula is C29H17F6N3O6. The van der Waals surface area contributed by atoms with E-state index in [-0.39, 0.29) is 44.9 Å². The molecule has 1 heterocycles. The van der Waals surface area contributed by atoms with E-state index in [2.05, 4.69) is 25.3 Å². The van der Waals surface area contributed by atoms with Gasteiger partial charge in [0.05, 0.1) is 16.9 Å². The van der Waals surface area contributed by atoms with Gasteiger partial charge in [0, 0.05) is 16.7 Å². The van der Waals surface area contributed by atoms with E-state index in [1.165, 1.54) is 36.4 Å². The topological polar surface area (TPSA) is 129 Å². The summed E-state index contributed by atoms with van der Waals surface area (Å²) in [5.41, 5.74) is 2.57. The zero-order valence-corrected chi connectivity index (χ0v) is 21.7. The number of para-hydroxylation sites is 1. The van der Waals surface area contributed by atoms with E-state index < -0.39 is 41.8 Å². The maximum absolute atomic E-state index is 13.1. The van der Waals surface area contributed by atoms with Crippen LogP contribution in [0.2, 0.25) is 0 Å². The second kappa shape index (κ2) is 11.2. The molecule has 0 saturated carbocycles. The highest BCUT2D eigenvalue weighted by molar-refractivity contribution is 6.54. The predicted octanol–water partition coefficient (Wildman–Crippen LogP) is 6.99. The number of aromatic carboxylic acids is 1. The molecule has 4 N–H and O–H groups in total. The van der Waals surface area contributed by atoms with Crippen LogP contribution in [0, 0.1) is 0 Å². The van der Waals surface area contributed by atoms with Crippen molar-refractivity contribution in [2.45, 2.75) is 12.7 Å². The number of hydrogen-bond donors (Lipinski definition) is 4. The number of carbonyl (C=O) groups excluding carboxylic acids is 1. The van der Waals surface area contributed by atoms with Crippen molar-refractivity contribution in [3.8, 4) is 39.5 Å². The van der Waals surface area contributed by atoms with E-state index in [0.29, 0.717) is 5.56 Å². The quantitative estimate of drug-likeness (QED) is 0.1000. The number of hydrogen-bond acceptors (Lipinski definition) is 7. The summed E-state index contributed by atoms with van der Waals surface area (Å²) >= 11 is 0. The fourth-order valence-corrected chi connectivity index (χ4v) is 4.40. The van der Waals surface area contributed by atoms with Gasteiger partial charge in [0.25, 0.3) is 5.91 Å². The van der Waals surface area contributed by atoms with Crippen molar-refractivity contribution in [3.63, 3.8) is 0 Å². The number of nitrogens with zero attached hydrogens (tertiary/aromatic N) is 1. The first-order valence-corrected chi connectivity index (χ1v) is 12.3. The van der Waals surface area contributed by atoms with Crippen molar-refractivity contribution in [1.82, 2.24) is 0 Å². The number of halogens is 6. The number of aromatic hydroxyl groups is 1. The SMILES string of the molecule is O=C1Nc2c(cc(OC(F)(F)F)cc2-c2ccc(OC(F)(F)F)cc2)C1=NNc1cccc(-c2cccc(C(=O)O)c2)c1O. The van der Waals surface area contributed by atoms with Gasteiger partial charge in [0.2, 0.25) is 0 Å². The molecule has 226 valence electrons. The number of carboxylic acid groups (broad SMARTS) is 1. The molecule has 0 unspecified atom stereocenters. The van der Waals surface area contributed by atoms with Gasteiger partial charge in [-0.25, -0.2) is 4.79 Å². The number of anilines is 2. The molecule has 1 aliphatic rings. The number of amides is 1. The van der Waals surface area contributed by atoms with E-state index >= 15 is 0 Å². The molecule has 44 heavy (non-hydrogen) atoms. The van der Waals surface area contributed by atoms with Gasteiger partial charge in [-0.15, -0.1) is 26.3 Å². The molecule has 0 bridgehead atoms. The minimum Gasteiger partial charge on any atom is -0.505 e. The van der Waals surface area contributed by atoms with Gasteiger partial charge < -0.3 is 25.0 Å². The molecule has 0 atom stereocenters. The Bertz CT molecular complexity index is 1800. The molecule has 5 rings (SSSR count). The van der Waals surface area contributed by atoms with E-state index in [0.717, 1.165) is 36.4 Å². The average Bonchev–Trinajstić information content (AvgIpc) is 3.25. The number of carboxylic acids is 1. The third-order valence-electron chi connectivity index (χ3n) is 6.20. The normalized spacial score (nSPS) is 13.8. The zero-order chi connectivity index (χ0) is 31.8. The summed E-state index contributed by atoms with van der Waals surface area (Å²) in [6.45, 7) is 0. The number of phenols is 1. The number of hydrazone groups is 1. The van der Waals surface area contributed by atoms with Gasteiger partial charge >= 0.3 is 18.7 Å². The van der Waals surface area contributed by atoms with Gasteiger partial charge in [-0.2, -0.15) is 5.10 Å². The first-order valence-electron chi connectivity index (χ1n) is 12.3. The Morgan fingerprint density at radius 1 is 0.773 bits per heavy atom. The van der Waals surface area contributed by atoms with Crippen LogP contribution in [0.25, 0.3) is 22.3 Å². The number of ether oxygens (including phenoxy) is 2. The zero-order valence-electron chi connectivity index (χ0n) is 21.7. The Morgan fingerprint density at radius 2 is 1.41 bits per heavy atom. The van der Waals surface area contributed by atoms with Gasteiger partial charge in [0.1, 0.15) is 17.2 Å². The molecule has 0 fully saturated rings. The van der Waals surface area contributed by atoms with Crippen LogP contribution in [0.4, 0.5) is 37.7 Å². The first-order chi connectivity index (χ1) is 20.7. The molecule has 15 heteroatoms. The summed E-state index contributed by atoms with van der Waals surface area (Å²) in [7, 11) is 0. The highest BCUT2D eigenvalue weighted by atomic mass is 19.4. The second-order valence-corrected chi connectivity index (χ2v) is 9.13. The van der Waals surface area contributed by atoms with E-state index in [9.17, 15) is 46.1 Å². The van der Waals surface area contributed by atoms with Crippen molar-refractivity contribution in [2.24, 2.45) is 5.10 Å². The van der Waals surface area contributed by atoms with Crippen molar-refractivity contribution in [1.29, 1.82) is 0 Å². The highest BCUT2D eigenvalue weighted by Gasteiger charge is 2.35. The highest BCUT2D eigenvalue weighted by Crippen LogP contribution is 2.41. The van der Waals surface area contributed by atoms with Crippen molar-refractivity contribution in [3.05, 3.63) is 90.0 Å². The number of phenolic OH excluding ortho intramolecular Hbond substituents is 1. The minimum absolute atomic E-state index is 0.00183. The molecule has 4 aromatic carbocycles. The molecule has 0 aromatic heterocycles. The van der Waals surface area contributed by atoms with E-state index in [4.69, 9.17) is 0 Å². The number of rotatable bonds is 7. The third kappa shape index (κ3) is 6.51. The summed E-state index contributed by atoms with van der Waals surface area (Å²) in [4.78, 5) is 24.3. The summed E-state index contributed by atoms with van der Waals surface area (Å²) in [5, 5.41) is 26.6. The lowest BCUT2D eigenvalue weighted by Crippen LogP contribution is -2.18. The molecule has 0 spiro atoms. The van der Waals surface area contributed by atoms with Crippen molar-refractivity contribution in [2.75, 3.05) is 10.7 Å². The molecule has 9 nitrogen and oxygen atoms in total. The fraction of sp³-hybridized carbons (Fsp3) is 0.0690. The molecule has 1 aliphatic heterocycles. The summed E-state index contributed by atoms with van der Waals surface area (Å²) in [6.07, 6.45) is -10.1. The molecular weight excluding hydrogens is 600 g/mol. The average molecular weight is 617 g/mol. The van der Waals surface area contributed by atoms with Gasteiger partial charge in [-0.1, -0.05) is 36.4 Å². The van der Waals surface area contributed by atoms with Crippen LogP contribution in [0.3, 0.4) is 0 Å². The van der Waals surface area contributed by atoms with Gasteiger partial charge in [-0.3, -0.25) is 10.2 Å². The van der Waals surface area contributed by atoms with Crippen LogP contribution < -0.4 is 20.2 Å². The second-order valence-electron chi connectivity index (χ2n) is 9.13. The largest absolute Gasteiger partial charge is 0.573 e. The van der Waals surface area contributed by atoms with Crippen molar-refractivity contribution < 1.29 is 55.6 Å². The predicted molar refractivity (Wildman–Crippen MR) is 145 cm³/mol. The van der Waals surface area contributed by atoms with Crippen LogP contribution in [0.1, 0.15) is 15.9 Å². The van der Waals surface area contributed by atoms with Crippen LogP contribution in [-0.4, -0.2) is 40.5 Å². The Kier molecular flexibility index (Phi) is 7.55. The van der Waals surface area contributed by atoms with Gasteiger partial charge in [0.15, 0.2) is 5.71 Å². The lowest BCUT2D eigenvalue weighted by molar-refractivity contribution is -0.275. The number of fused-ring (bicyclic) bond motifs is 1. The number of carbonyl (C=O) groups is 2. The molecule has 0 aliphatic carbocycles. The summed E-state index contributed by atoms with van der Waals surface area (Å²) in [6, 6.07) is 16.2. The summed E-state index contributed by atoms with van der Waals surface area (Å²) < 4.78 is 85.0. The van der Waals surface area contributed by atoms with Crippen LogP contribution in [0.5, 0.6) is 17.2 Å². The lowest BCUT2D eigenvalue weighted by atomic mass is 9.99. The third-order valence-corrected chi connectivity index (χ3v) is 6.20. The fourth-order valence-electron chi connectivity index (χ4n) is 4.40. The maximum Gasteiger partial charge on any atom is 0.573 e. The molecule has 0 radical (unpaired) electrons. The smallest absolute Gasteiger partial charge is 0.505 e. The van der Waals surface area contributed by atoms with Crippen LogP contribution in [0.15, 0.2) is 84.0 Å². The Balaban J connectivity index is 1.53. The Morgan fingerprint density at radius 3 is 2.07 bits per heavy atom. The Hall–Kier alpha value is -5.73. The van der Waals surface area contributed by atoms with Crippen LogP contribution in [-0.2, 0) is 4.79 Å². The maximum atomic E-state index is 13.1. The number of nitrogens with one attached hydrogen (secondary N) is 2. The number of benzene rings is 4. The Labute approximate surface area is 243 Å². The minimum atomic E-state index is -5.12. The monoisotopic (exact) mass is 617 g/mol. The molecule has 1 amide bonds. The van der Waals surface area contributed by atoms with Crippen LogP contribution >= 0.6 is 0 Å². The lowest BCUT2D eigenvalue weighted by Gasteiger charge is -2.15. The standard InChI is InChI=1S/C29H17F6N3O6/c30-28(31,32)43-17-9-7-14(8-10-17)20-12-18(44-29(33,34)35)13-21-23(20)36-26(40)24(21)38-37-22-6-2-5-19(25(22)39)15-3-1-4-16(11-15)27(41)42/h1-13,37,39H,(H,41,42)(H,36,38,40).